The molecule has 2 aromatic carbocycles. The molecule has 7 heteroatoms. The molecule has 0 spiro atoms. The van der Waals surface area contributed by atoms with Crippen molar-refractivity contribution in [2.45, 2.75) is 45.3 Å². The summed E-state index contributed by atoms with van der Waals surface area (Å²) in [6.07, 6.45) is 0.707. The van der Waals surface area contributed by atoms with Crippen molar-refractivity contribution in [1.82, 2.24) is 20.4 Å². The van der Waals surface area contributed by atoms with E-state index in [-0.39, 0.29) is 12.0 Å². The van der Waals surface area contributed by atoms with E-state index in [0.29, 0.717) is 43.6 Å². The van der Waals surface area contributed by atoms with Crippen LogP contribution in [0.15, 0.2) is 59.1 Å². The van der Waals surface area contributed by atoms with E-state index in [1.165, 1.54) is 11.1 Å². The van der Waals surface area contributed by atoms with E-state index in [4.69, 9.17) is 9.26 Å². The number of morpholine rings is 1. The minimum Gasteiger partial charge on any atom is -0.374 e. The first-order chi connectivity index (χ1) is 16.1. The van der Waals surface area contributed by atoms with Gasteiger partial charge in [0.2, 0.25) is 17.6 Å². The standard InChI is InChI=1S/C26H32N4O3/c1-19(2)21-8-10-22(11-9-21)26-28-25(33-29-26)13-12-24(31)27-16-23-18-30(14-15-32-23)17-20-6-4-3-5-7-20/h3-11,19,23H,12-18H2,1-2H3,(H,27,31). The number of ether oxygens (including phenoxy) is 1. The van der Waals surface area contributed by atoms with Crippen LogP contribution in [0, 0.1) is 0 Å². The molecule has 1 fully saturated rings. The first kappa shape index (κ1) is 23.1. The molecule has 1 saturated heterocycles. The molecule has 1 aromatic heterocycles. The summed E-state index contributed by atoms with van der Waals surface area (Å²) in [5.41, 5.74) is 3.47. The molecule has 174 valence electrons. The SMILES string of the molecule is CC(C)c1ccc(-c2noc(CCC(=O)NCC3CN(Cc4ccccc4)CCO3)n2)cc1. The van der Waals surface area contributed by atoms with Crippen molar-refractivity contribution in [2.75, 3.05) is 26.2 Å². The Bertz CT molecular complexity index is 1020. The zero-order valence-electron chi connectivity index (χ0n) is 19.4. The van der Waals surface area contributed by atoms with E-state index < -0.39 is 0 Å². The van der Waals surface area contributed by atoms with Crippen molar-refractivity contribution in [3.05, 3.63) is 71.6 Å². The van der Waals surface area contributed by atoms with Crippen molar-refractivity contribution in [3.8, 4) is 11.4 Å². The molecule has 1 aliphatic rings. The van der Waals surface area contributed by atoms with E-state index >= 15 is 0 Å². The molecular formula is C26H32N4O3. The number of nitrogens with zero attached hydrogens (tertiary/aromatic N) is 3. The lowest BCUT2D eigenvalue weighted by Gasteiger charge is -2.33. The Labute approximate surface area is 195 Å². The molecular weight excluding hydrogens is 416 g/mol. The Kier molecular flexibility index (Phi) is 7.86. The third-order valence-electron chi connectivity index (χ3n) is 5.87. The molecule has 0 bridgehead atoms. The summed E-state index contributed by atoms with van der Waals surface area (Å²) in [4.78, 5) is 19.1. The van der Waals surface area contributed by atoms with Crippen LogP contribution < -0.4 is 5.32 Å². The van der Waals surface area contributed by atoms with Gasteiger partial charge in [-0.3, -0.25) is 9.69 Å². The van der Waals surface area contributed by atoms with Gasteiger partial charge in [0.1, 0.15) is 0 Å². The van der Waals surface area contributed by atoms with Crippen molar-refractivity contribution in [2.24, 2.45) is 0 Å². The van der Waals surface area contributed by atoms with Crippen molar-refractivity contribution < 1.29 is 14.1 Å². The van der Waals surface area contributed by atoms with Gasteiger partial charge in [-0.15, -0.1) is 0 Å². The van der Waals surface area contributed by atoms with Gasteiger partial charge >= 0.3 is 0 Å². The van der Waals surface area contributed by atoms with E-state index in [2.05, 4.69) is 70.6 Å². The smallest absolute Gasteiger partial charge is 0.227 e. The maximum Gasteiger partial charge on any atom is 0.227 e. The monoisotopic (exact) mass is 448 g/mol. The van der Waals surface area contributed by atoms with Gasteiger partial charge < -0.3 is 14.6 Å². The molecule has 1 aliphatic heterocycles. The number of hydrogen-bond donors (Lipinski definition) is 1. The molecule has 0 aliphatic carbocycles. The van der Waals surface area contributed by atoms with Crippen LogP contribution in [0.5, 0.6) is 0 Å². The fourth-order valence-corrected chi connectivity index (χ4v) is 3.92. The fourth-order valence-electron chi connectivity index (χ4n) is 3.92. The van der Waals surface area contributed by atoms with Crippen molar-refractivity contribution >= 4 is 5.91 Å². The number of nitrogens with one attached hydrogen (secondary N) is 1. The lowest BCUT2D eigenvalue weighted by Crippen LogP contribution is -2.47. The van der Waals surface area contributed by atoms with Crippen LogP contribution >= 0.6 is 0 Å². The third kappa shape index (κ3) is 6.73. The second-order valence-corrected chi connectivity index (χ2v) is 8.81. The summed E-state index contributed by atoms with van der Waals surface area (Å²) in [6.45, 7) is 8.10. The number of hydrogen-bond acceptors (Lipinski definition) is 6. The zero-order chi connectivity index (χ0) is 23.0. The molecule has 4 rings (SSSR count). The van der Waals surface area contributed by atoms with E-state index in [1.54, 1.807) is 0 Å². The lowest BCUT2D eigenvalue weighted by atomic mass is 10.0. The van der Waals surface area contributed by atoms with Gasteiger partial charge in [-0.05, 0) is 17.0 Å². The van der Waals surface area contributed by atoms with Gasteiger partial charge in [0.25, 0.3) is 0 Å². The van der Waals surface area contributed by atoms with Gasteiger partial charge in [0.05, 0.1) is 12.7 Å². The molecule has 1 atom stereocenters. The van der Waals surface area contributed by atoms with Crippen LogP contribution in [-0.4, -0.2) is 53.3 Å². The molecule has 0 saturated carbocycles. The van der Waals surface area contributed by atoms with E-state index in [0.717, 1.165) is 25.2 Å². The molecule has 7 nitrogen and oxygen atoms in total. The van der Waals surface area contributed by atoms with Crippen LogP contribution in [-0.2, 0) is 22.5 Å². The largest absolute Gasteiger partial charge is 0.374 e. The Morgan fingerprint density at radius 3 is 2.70 bits per heavy atom. The summed E-state index contributed by atoms with van der Waals surface area (Å²) in [5, 5.41) is 7.04. The highest BCUT2D eigenvalue weighted by molar-refractivity contribution is 5.76. The molecule has 1 N–H and O–H groups in total. The highest BCUT2D eigenvalue weighted by Gasteiger charge is 2.21. The van der Waals surface area contributed by atoms with Crippen LogP contribution in [0.4, 0.5) is 0 Å². The number of carbonyl (C=O) groups excluding carboxylic acids is 1. The molecule has 3 aromatic rings. The highest BCUT2D eigenvalue weighted by Crippen LogP contribution is 2.20. The average molecular weight is 449 g/mol. The Morgan fingerprint density at radius 1 is 1.15 bits per heavy atom. The zero-order valence-corrected chi connectivity index (χ0v) is 19.4. The summed E-state index contributed by atoms with van der Waals surface area (Å²) in [6, 6.07) is 18.6. The van der Waals surface area contributed by atoms with Gasteiger partial charge in [-0.1, -0.05) is 73.6 Å². The van der Waals surface area contributed by atoms with Crippen molar-refractivity contribution in [3.63, 3.8) is 0 Å². The minimum atomic E-state index is -0.0418. The Balaban J connectivity index is 1.20. The number of rotatable bonds is 9. The maximum atomic E-state index is 12.3. The van der Waals surface area contributed by atoms with Gasteiger partial charge in [0, 0.05) is 44.6 Å². The Morgan fingerprint density at radius 2 is 1.94 bits per heavy atom. The maximum absolute atomic E-state index is 12.3. The van der Waals surface area contributed by atoms with Gasteiger partial charge in [-0.25, -0.2) is 0 Å². The van der Waals surface area contributed by atoms with Crippen LogP contribution in [0.1, 0.15) is 43.2 Å². The minimum absolute atomic E-state index is 0.00442. The van der Waals surface area contributed by atoms with Crippen LogP contribution in [0.2, 0.25) is 0 Å². The van der Waals surface area contributed by atoms with Crippen molar-refractivity contribution in [1.29, 1.82) is 0 Å². The number of aromatic nitrogens is 2. The molecule has 2 heterocycles. The topological polar surface area (TPSA) is 80.5 Å². The molecule has 1 unspecified atom stereocenters. The summed E-state index contributed by atoms with van der Waals surface area (Å²) >= 11 is 0. The second-order valence-electron chi connectivity index (χ2n) is 8.81. The average Bonchev–Trinajstić information content (AvgIpc) is 3.31. The lowest BCUT2D eigenvalue weighted by molar-refractivity contribution is -0.122. The molecule has 1 amide bonds. The predicted octanol–water partition coefficient (Wildman–Crippen LogP) is 3.81. The molecule has 0 radical (unpaired) electrons. The fraction of sp³-hybridized carbons (Fsp3) is 0.423. The van der Waals surface area contributed by atoms with Crippen LogP contribution in [0.3, 0.4) is 0 Å². The van der Waals surface area contributed by atoms with Gasteiger partial charge in [-0.2, -0.15) is 4.98 Å². The number of benzene rings is 2. The molecule has 33 heavy (non-hydrogen) atoms. The number of carbonyl (C=O) groups is 1. The number of amides is 1. The first-order valence-electron chi connectivity index (χ1n) is 11.6. The third-order valence-corrected chi connectivity index (χ3v) is 5.87. The van der Waals surface area contributed by atoms with Gasteiger partial charge in [0.15, 0.2) is 0 Å². The van der Waals surface area contributed by atoms with E-state index in [9.17, 15) is 4.79 Å². The predicted molar refractivity (Wildman–Crippen MR) is 127 cm³/mol. The second kappa shape index (κ2) is 11.2. The normalized spacial score (nSPS) is 16.8. The summed E-state index contributed by atoms with van der Waals surface area (Å²) < 4.78 is 11.2. The Hall–Kier alpha value is -3.03. The first-order valence-corrected chi connectivity index (χ1v) is 11.6. The van der Waals surface area contributed by atoms with Crippen LogP contribution in [0.25, 0.3) is 11.4 Å². The quantitative estimate of drug-likeness (QED) is 0.536. The van der Waals surface area contributed by atoms with E-state index in [1.807, 2.05) is 18.2 Å². The summed E-state index contributed by atoms with van der Waals surface area (Å²) in [7, 11) is 0. The number of aryl methyl sites for hydroxylation is 1. The highest BCUT2D eigenvalue weighted by atomic mass is 16.5. The summed E-state index contributed by atoms with van der Waals surface area (Å²) in [5.74, 6) is 1.45.